The fraction of sp³-hybridized carbons (Fsp3) is 0.737. The van der Waals surface area contributed by atoms with E-state index in [0.717, 1.165) is 50.6 Å². The van der Waals surface area contributed by atoms with Gasteiger partial charge in [-0.05, 0) is 51.0 Å². The van der Waals surface area contributed by atoms with Gasteiger partial charge < -0.3 is 9.80 Å². The van der Waals surface area contributed by atoms with Crippen molar-refractivity contribution >= 4 is 5.91 Å². The molecule has 24 heavy (non-hydrogen) atoms. The lowest BCUT2D eigenvalue weighted by molar-refractivity contribution is 0.0683. The molecule has 0 N–H and O–H groups in total. The first-order chi connectivity index (χ1) is 11.7. The third-order valence-electron chi connectivity index (χ3n) is 5.87. The van der Waals surface area contributed by atoms with Crippen molar-refractivity contribution in [3.05, 3.63) is 23.8 Å². The molecule has 2 heterocycles. The highest BCUT2D eigenvalue weighted by Crippen LogP contribution is 2.37. The molecule has 1 amide bonds. The summed E-state index contributed by atoms with van der Waals surface area (Å²) in [5.41, 5.74) is 0.575. The summed E-state index contributed by atoms with van der Waals surface area (Å²) >= 11 is 0. The summed E-state index contributed by atoms with van der Waals surface area (Å²) in [7, 11) is 0. The van der Waals surface area contributed by atoms with E-state index in [9.17, 15) is 4.79 Å². The zero-order chi connectivity index (χ0) is 16.5. The van der Waals surface area contributed by atoms with Crippen molar-refractivity contribution in [2.75, 3.05) is 26.2 Å². The lowest BCUT2D eigenvalue weighted by Crippen LogP contribution is -2.43. The van der Waals surface area contributed by atoms with Crippen LogP contribution in [0.3, 0.4) is 0 Å². The fourth-order valence-electron chi connectivity index (χ4n) is 4.02. The van der Waals surface area contributed by atoms with E-state index in [4.69, 9.17) is 0 Å². The van der Waals surface area contributed by atoms with Crippen LogP contribution < -0.4 is 0 Å². The van der Waals surface area contributed by atoms with Crippen LogP contribution in [0, 0.1) is 5.92 Å². The highest BCUT2D eigenvalue weighted by Gasteiger charge is 2.33. The van der Waals surface area contributed by atoms with Crippen molar-refractivity contribution < 1.29 is 4.79 Å². The zero-order valence-corrected chi connectivity index (χ0v) is 14.7. The molecule has 5 heteroatoms. The van der Waals surface area contributed by atoms with Crippen LogP contribution in [0.4, 0.5) is 0 Å². The number of rotatable bonds is 6. The Labute approximate surface area is 144 Å². The molecule has 1 aromatic heterocycles. The normalized spacial score (nSPS) is 24.8. The van der Waals surface area contributed by atoms with Gasteiger partial charge in [0.1, 0.15) is 11.5 Å². The summed E-state index contributed by atoms with van der Waals surface area (Å²) in [5, 5.41) is 0. The van der Waals surface area contributed by atoms with Crippen molar-refractivity contribution in [2.45, 2.75) is 57.4 Å². The molecule has 0 spiro atoms. The molecule has 3 fully saturated rings. The second kappa shape index (κ2) is 6.79. The van der Waals surface area contributed by atoms with Crippen LogP contribution in [-0.4, -0.2) is 57.9 Å². The van der Waals surface area contributed by atoms with E-state index in [1.807, 2.05) is 4.90 Å². The Morgan fingerprint density at radius 1 is 1.29 bits per heavy atom. The summed E-state index contributed by atoms with van der Waals surface area (Å²) < 4.78 is 0. The largest absolute Gasteiger partial charge is 0.333 e. The summed E-state index contributed by atoms with van der Waals surface area (Å²) in [6.07, 6.45) is 9.34. The van der Waals surface area contributed by atoms with Crippen LogP contribution in [0.1, 0.15) is 67.7 Å². The maximum atomic E-state index is 13.0. The van der Waals surface area contributed by atoms with Crippen molar-refractivity contribution in [2.24, 2.45) is 5.92 Å². The first-order valence-electron chi connectivity index (χ1n) is 9.61. The minimum Gasteiger partial charge on any atom is -0.333 e. The number of carbonyl (C=O) groups is 1. The summed E-state index contributed by atoms with van der Waals surface area (Å²) in [6.45, 7) is 6.21. The van der Waals surface area contributed by atoms with Gasteiger partial charge >= 0.3 is 0 Å². The molecule has 130 valence electrons. The van der Waals surface area contributed by atoms with Crippen molar-refractivity contribution in [3.63, 3.8) is 0 Å². The molecule has 0 bridgehead atoms. The van der Waals surface area contributed by atoms with Crippen molar-refractivity contribution in [3.8, 4) is 0 Å². The van der Waals surface area contributed by atoms with E-state index in [0.29, 0.717) is 17.7 Å². The average Bonchev–Trinajstić information content (AvgIpc) is 3.32. The summed E-state index contributed by atoms with van der Waals surface area (Å²) in [6, 6.07) is 2.11. The quantitative estimate of drug-likeness (QED) is 0.805. The molecule has 5 nitrogen and oxygen atoms in total. The van der Waals surface area contributed by atoms with Gasteiger partial charge in [-0.1, -0.05) is 6.42 Å². The van der Waals surface area contributed by atoms with Crippen molar-refractivity contribution in [1.29, 1.82) is 0 Å². The molecular formula is C19H28N4O. The molecule has 0 radical (unpaired) electrons. The number of likely N-dealkylation sites (tertiary alicyclic amines) is 1. The highest BCUT2D eigenvalue weighted by molar-refractivity contribution is 5.92. The fourth-order valence-corrected chi connectivity index (χ4v) is 4.02. The molecule has 0 aromatic carbocycles. The van der Waals surface area contributed by atoms with E-state index in [2.05, 4.69) is 21.8 Å². The molecule has 1 aliphatic heterocycles. The van der Waals surface area contributed by atoms with E-state index >= 15 is 0 Å². The third-order valence-corrected chi connectivity index (χ3v) is 5.87. The third kappa shape index (κ3) is 3.32. The van der Waals surface area contributed by atoms with Gasteiger partial charge in [0.2, 0.25) is 0 Å². The minimum atomic E-state index is 0.0808. The number of amides is 1. The monoisotopic (exact) mass is 328 g/mol. The second-order valence-corrected chi connectivity index (χ2v) is 7.66. The minimum absolute atomic E-state index is 0.0808. The van der Waals surface area contributed by atoms with Crippen LogP contribution >= 0.6 is 0 Å². The number of likely N-dealkylation sites (N-methyl/N-ethyl adjacent to an activating group) is 1. The summed E-state index contributed by atoms with van der Waals surface area (Å²) in [5.74, 6) is 2.32. The zero-order valence-electron chi connectivity index (χ0n) is 14.7. The maximum absolute atomic E-state index is 13.0. The van der Waals surface area contributed by atoms with Crippen LogP contribution in [0.2, 0.25) is 0 Å². The predicted octanol–water partition coefficient (Wildman–Crippen LogP) is 2.69. The molecule has 1 aromatic rings. The molecule has 1 unspecified atom stereocenters. The number of hydrogen-bond acceptors (Lipinski definition) is 4. The topological polar surface area (TPSA) is 49.3 Å². The number of carbonyl (C=O) groups excluding carboxylic acids is 1. The summed E-state index contributed by atoms with van der Waals surface area (Å²) in [4.78, 5) is 26.4. The molecule has 4 rings (SSSR count). The van der Waals surface area contributed by atoms with Crippen molar-refractivity contribution in [1.82, 2.24) is 19.8 Å². The van der Waals surface area contributed by atoms with Gasteiger partial charge in [0.05, 0.1) is 0 Å². The Morgan fingerprint density at radius 2 is 2.12 bits per heavy atom. The number of aromatic nitrogens is 2. The second-order valence-electron chi connectivity index (χ2n) is 7.66. The van der Waals surface area contributed by atoms with Crippen LogP contribution in [0.5, 0.6) is 0 Å². The van der Waals surface area contributed by atoms with Gasteiger partial charge in [0, 0.05) is 44.3 Å². The molecular weight excluding hydrogens is 300 g/mol. The Morgan fingerprint density at radius 3 is 2.79 bits per heavy atom. The van der Waals surface area contributed by atoms with E-state index in [1.54, 1.807) is 12.3 Å². The van der Waals surface area contributed by atoms with E-state index in [1.165, 1.54) is 25.8 Å². The lowest BCUT2D eigenvalue weighted by atomic mass is 9.85. The molecule has 2 aliphatic carbocycles. The number of nitrogens with zero attached hydrogens (tertiary/aromatic N) is 4. The standard InChI is InChI=1S/C19H28N4O/c1-2-23(16-9-11-22(13-16)12-14-4-3-5-14)19(24)17-8-10-20-18(21-17)15-6-7-15/h8,10,14-16H,2-7,9,11-13H2,1H3. The number of hydrogen-bond donors (Lipinski definition) is 0. The average molecular weight is 328 g/mol. The molecule has 1 atom stereocenters. The van der Waals surface area contributed by atoms with Gasteiger partial charge in [0.25, 0.3) is 5.91 Å². The SMILES string of the molecule is CCN(C(=O)c1ccnc(C2CC2)n1)C1CCN(CC2CCC2)C1. The van der Waals surface area contributed by atoms with Crippen LogP contribution in [0.25, 0.3) is 0 Å². The highest BCUT2D eigenvalue weighted by atomic mass is 16.2. The van der Waals surface area contributed by atoms with Crippen LogP contribution in [0.15, 0.2) is 12.3 Å². The van der Waals surface area contributed by atoms with Gasteiger partial charge in [-0.2, -0.15) is 0 Å². The molecule has 3 aliphatic rings. The molecule has 2 saturated carbocycles. The Bertz CT molecular complexity index is 597. The lowest BCUT2D eigenvalue weighted by Gasteiger charge is -2.31. The van der Waals surface area contributed by atoms with Gasteiger partial charge in [-0.15, -0.1) is 0 Å². The van der Waals surface area contributed by atoms with Crippen LogP contribution in [-0.2, 0) is 0 Å². The Kier molecular flexibility index (Phi) is 4.53. The Hall–Kier alpha value is -1.49. The first kappa shape index (κ1) is 16.0. The van der Waals surface area contributed by atoms with Gasteiger partial charge in [-0.25, -0.2) is 9.97 Å². The van der Waals surface area contributed by atoms with Gasteiger partial charge in [-0.3, -0.25) is 4.79 Å². The molecule has 1 saturated heterocycles. The van der Waals surface area contributed by atoms with Gasteiger partial charge in [0.15, 0.2) is 0 Å². The maximum Gasteiger partial charge on any atom is 0.272 e. The van der Waals surface area contributed by atoms with E-state index in [-0.39, 0.29) is 5.91 Å². The first-order valence-corrected chi connectivity index (χ1v) is 9.61. The Balaban J connectivity index is 1.41. The smallest absolute Gasteiger partial charge is 0.272 e. The predicted molar refractivity (Wildman–Crippen MR) is 92.9 cm³/mol. The van der Waals surface area contributed by atoms with E-state index < -0.39 is 0 Å².